The number of carbonyl (C=O) groups is 1. The maximum Gasteiger partial charge on any atom is 0.230 e. The lowest BCUT2D eigenvalue weighted by atomic mass is 10.0. The molecule has 2 aromatic rings. The van der Waals surface area contributed by atoms with E-state index in [4.69, 9.17) is 4.74 Å². The molecule has 3 rings (SSSR count). The number of hydrogen-bond donors (Lipinski definition) is 2. The Morgan fingerprint density at radius 2 is 2.00 bits per heavy atom. The highest BCUT2D eigenvalue weighted by molar-refractivity contribution is 8.01. The summed E-state index contributed by atoms with van der Waals surface area (Å²) in [5.74, 6) is 0.341. The Kier molecular flexibility index (Phi) is 7.06. The molecule has 27 heavy (non-hydrogen) atoms. The fraction of sp³-hybridized carbons (Fsp3) is 0.500. The van der Waals surface area contributed by atoms with E-state index in [0.717, 1.165) is 41.5 Å². The maximum absolute atomic E-state index is 12.2. The molecule has 0 spiro atoms. The predicted octanol–water partition coefficient (Wildman–Crippen LogP) is 2.60. The van der Waals surface area contributed by atoms with Gasteiger partial charge < -0.3 is 15.4 Å². The molecule has 146 valence electrons. The van der Waals surface area contributed by atoms with E-state index in [9.17, 15) is 4.79 Å². The van der Waals surface area contributed by atoms with Crippen molar-refractivity contribution in [1.29, 1.82) is 0 Å². The van der Waals surface area contributed by atoms with Crippen LogP contribution in [0.15, 0.2) is 34.7 Å². The number of ether oxygens (including phenoxy) is 1. The Morgan fingerprint density at radius 3 is 2.74 bits per heavy atom. The van der Waals surface area contributed by atoms with Crippen molar-refractivity contribution in [1.82, 2.24) is 20.4 Å². The molecule has 1 saturated heterocycles. The van der Waals surface area contributed by atoms with Crippen LogP contribution in [0.3, 0.4) is 0 Å². The number of anilines is 2. The number of thioether (sulfide) groups is 1. The highest BCUT2D eigenvalue weighted by atomic mass is 32.2. The Morgan fingerprint density at radius 1 is 1.26 bits per heavy atom. The smallest absolute Gasteiger partial charge is 0.230 e. The van der Waals surface area contributed by atoms with Crippen molar-refractivity contribution in [3.63, 3.8) is 0 Å². The average Bonchev–Trinajstić information content (AvgIpc) is 3.14. The van der Waals surface area contributed by atoms with Gasteiger partial charge in [-0.1, -0.05) is 41.3 Å². The normalized spacial score (nSPS) is 15.5. The average molecular weight is 408 g/mol. The number of nitrogens with zero attached hydrogens (tertiary/aromatic N) is 3. The minimum absolute atomic E-state index is 0.00843. The number of carbonyl (C=O) groups excluding carboxylic acids is 1. The van der Waals surface area contributed by atoms with E-state index in [2.05, 4.69) is 39.6 Å². The van der Waals surface area contributed by atoms with Crippen LogP contribution in [-0.2, 0) is 9.53 Å². The number of nitrogens with one attached hydrogen (secondary N) is 2. The zero-order chi connectivity index (χ0) is 19.1. The summed E-state index contributed by atoms with van der Waals surface area (Å²) in [6, 6.07) is 9.82. The van der Waals surface area contributed by atoms with Crippen LogP contribution in [0.5, 0.6) is 0 Å². The molecule has 0 bridgehead atoms. The SMILES string of the molecule is CC(C)(CNC(=O)CSc1nnc(Nc2ccccc2)s1)N1CCOCC1. The molecule has 1 aromatic carbocycles. The minimum atomic E-state index is -0.0837. The highest BCUT2D eigenvalue weighted by Gasteiger charge is 2.28. The van der Waals surface area contributed by atoms with Gasteiger partial charge in [0, 0.05) is 30.9 Å². The van der Waals surface area contributed by atoms with Gasteiger partial charge in [-0.25, -0.2) is 0 Å². The zero-order valence-electron chi connectivity index (χ0n) is 15.6. The first kappa shape index (κ1) is 20.1. The summed E-state index contributed by atoms with van der Waals surface area (Å²) in [5.41, 5.74) is 0.882. The van der Waals surface area contributed by atoms with Gasteiger partial charge in [0.2, 0.25) is 11.0 Å². The van der Waals surface area contributed by atoms with Gasteiger partial charge in [0.15, 0.2) is 4.34 Å². The van der Waals surface area contributed by atoms with Gasteiger partial charge in [-0.15, -0.1) is 10.2 Å². The molecule has 1 fully saturated rings. The number of para-hydroxylation sites is 1. The summed E-state index contributed by atoms with van der Waals surface area (Å²) in [6.45, 7) is 8.23. The number of rotatable bonds is 8. The van der Waals surface area contributed by atoms with Gasteiger partial charge in [0.05, 0.1) is 19.0 Å². The summed E-state index contributed by atoms with van der Waals surface area (Å²) in [6.07, 6.45) is 0. The van der Waals surface area contributed by atoms with Crippen LogP contribution in [0.4, 0.5) is 10.8 Å². The van der Waals surface area contributed by atoms with Crippen molar-refractivity contribution in [2.24, 2.45) is 0 Å². The van der Waals surface area contributed by atoms with Crippen molar-refractivity contribution in [2.75, 3.05) is 43.9 Å². The number of aromatic nitrogens is 2. The standard InChI is InChI=1S/C18H25N5O2S2/c1-18(2,23-8-10-25-11-9-23)13-19-15(24)12-26-17-22-21-16(27-17)20-14-6-4-3-5-7-14/h3-7H,8-13H2,1-2H3,(H,19,24)(H,20,21). The van der Waals surface area contributed by atoms with E-state index in [-0.39, 0.29) is 11.4 Å². The third-order valence-electron chi connectivity index (χ3n) is 4.34. The van der Waals surface area contributed by atoms with Gasteiger partial charge in [0.25, 0.3) is 0 Å². The molecule has 7 nitrogen and oxygen atoms in total. The Labute approximate surface area is 167 Å². The van der Waals surface area contributed by atoms with E-state index < -0.39 is 0 Å². The lowest BCUT2D eigenvalue weighted by molar-refractivity contribution is -0.119. The van der Waals surface area contributed by atoms with Crippen LogP contribution < -0.4 is 10.6 Å². The molecular weight excluding hydrogens is 382 g/mol. The summed E-state index contributed by atoms with van der Waals surface area (Å²) in [5, 5.41) is 15.2. The Hall–Kier alpha value is -1.68. The van der Waals surface area contributed by atoms with E-state index in [0.29, 0.717) is 12.3 Å². The van der Waals surface area contributed by atoms with E-state index in [1.54, 1.807) is 0 Å². The van der Waals surface area contributed by atoms with Gasteiger partial charge in [-0.3, -0.25) is 9.69 Å². The molecular formula is C18H25N5O2S2. The summed E-state index contributed by atoms with van der Waals surface area (Å²) >= 11 is 2.85. The van der Waals surface area contributed by atoms with Gasteiger partial charge in [-0.05, 0) is 26.0 Å². The minimum Gasteiger partial charge on any atom is -0.379 e. The summed E-state index contributed by atoms with van der Waals surface area (Å²) in [4.78, 5) is 14.6. The van der Waals surface area contributed by atoms with Gasteiger partial charge >= 0.3 is 0 Å². The molecule has 9 heteroatoms. The lowest BCUT2D eigenvalue weighted by Crippen LogP contribution is -2.55. The first-order chi connectivity index (χ1) is 13.0. The predicted molar refractivity (Wildman–Crippen MR) is 110 cm³/mol. The second-order valence-electron chi connectivity index (χ2n) is 6.84. The van der Waals surface area contributed by atoms with Crippen LogP contribution in [0.25, 0.3) is 0 Å². The fourth-order valence-electron chi connectivity index (χ4n) is 2.74. The molecule has 2 N–H and O–H groups in total. The van der Waals surface area contributed by atoms with Crippen molar-refractivity contribution < 1.29 is 9.53 Å². The first-order valence-electron chi connectivity index (χ1n) is 8.91. The van der Waals surface area contributed by atoms with Crippen molar-refractivity contribution in [2.45, 2.75) is 23.7 Å². The van der Waals surface area contributed by atoms with E-state index in [1.165, 1.54) is 23.1 Å². The molecule has 0 unspecified atom stereocenters. The molecule has 1 aromatic heterocycles. The number of hydrogen-bond acceptors (Lipinski definition) is 8. The molecule has 1 aliphatic heterocycles. The second kappa shape index (κ2) is 9.50. The Bertz CT molecular complexity index is 732. The number of benzene rings is 1. The quantitative estimate of drug-likeness (QED) is 0.651. The maximum atomic E-state index is 12.2. The Balaban J connectivity index is 1.41. The van der Waals surface area contributed by atoms with Gasteiger partial charge in [-0.2, -0.15) is 0 Å². The second-order valence-corrected chi connectivity index (χ2v) is 9.04. The fourth-order valence-corrected chi connectivity index (χ4v) is 4.34. The van der Waals surface area contributed by atoms with E-state index >= 15 is 0 Å². The highest BCUT2D eigenvalue weighted by Crippen LogP contribution is 2.27. The molecule has 1 amide bonds. The third-order valence-corrected chi connectivity index (χ3v) is 6.32. The molecule has 0 atom stereocenters. The third kappa shape index (κ3) is 6.17. The summed E-state index contributed by atoms with van der Waals surface area (Å²) in [7, 11) is 0. The molecule has 0 saturated carbocycles. The van der Waals surface area contributed by atoms with Gasteiger partial charge in [0.1, 0.15) is 0 Å². The number of morpholine rings is 1. The number of amides is 1. The van der Waals surface area contributed by atoms with Crippen molar-refractivity contribution in [3.8, 4) is 0 Å². The van der Waals surface area contributed by atoms with Crippen LogP contribution in [0.2, 0.25) is 0 Å². The van der Waals surface area contributed by atoms with Crippen LogP contribution in [0.1, 0.15) is 13.8 Å². The molecule has 2 heterocycles. The van der Waals surface area contributed by atoms with E-state index in [1.807, 2.05) is 30.3 Å². The van der Waals surface area contributed by atoms with Crippen molar-refractivity contribution >= 4 is 39.8 Å². The lowest BCUT2D eigenvalue weighted by Gasteiger charge is -2.40. The molecule has 0 radical (unpaired) electrons. The molecule has 1 aliphatic rings. The summed E-state index contributed by atoms with van der Waals surface area (Å²) < 4.78 is 6.17. The largest absolute Gasteiger partial charge is 0.379 e. The first-order valence-corrected chi connectivity index (χ1v) is 10.7. The monoisotopic (exact) mass is 407 g/mol. The zero-order valence-corrected chi connectivity index (χ0v) is 17.2. The topological polar surface area (TPSA) is 79.4 Å². The van der Waals surface area contributed by atoms with Crippen LogP contribution in [-0.4, -0.2) is 65.1 Å². The molecule has 0 aliphatic carbocycles. The van der Waals surface area contributed by atoms with Crippen LogP contribution in [0, 0.1) is 0 Å². The van der Waals surface area contributed by atoms with Crippen LogP contribution >= 0.6 is 23.1 Å². The van der Waals surface area contributed by atoms with Crippen molar-refractivity contribution in [3.05, 3.63) is 30.3 Å².